The van der Waals surface area contributed by atoms with Crippen LogP contribution in [0.1, 0.15) is 0 Å². The van der Waals surface area contributed by atoms with E-state index in [4.69, 9.17) is 10.5 Å². The number of carbonyl (C=O) groups excluding carboxylic acids is 1. The molecule has 2 N–H and O–H groups in total. The molecule has 0 aliphatic carbocycles. The number of rotatable bonds is 3. The van der Waals surface area contributed by atoms with E-state index in [0.29, 0.717) is 37.9 Å². The Bertz CT molecular complexity index is 377. The molecule has 17 heavy (non-hydrogen) atoms. The van der Waals surface area contributed by atoms with E-state index in [0.717, 1.165) is 4.90 Å². The van der Waals surface area contributed by atoms with Crippen LogP contribution in [0.2, 0.25) is 0 Å². The Balaban J connectivity index is 1.81. The molecule has 0 bridgehead atoms. The molecule has 0 radical (unpaired) electrons. The molecule has 5 nitrogen and oxygen atoms in total. The van der Waals surface area contributed by atoms with Crippen molar-refractivity contribution in [2.45, 2.75) is 4.90 Å². The third kappa shape index (κ3) is 3.61. The third-order valence-electron chi connectivity index (χ3n) is 2.49. The summed E-state index contributed by atoms with van der Waals surface area (Å²) in [7, 11) is 0. The molecule has 2 rings (SSSR count). The predicted molar refractivity (Wildman–Crippen MR) is 66.8 cm³/mol. The van der Waals surface area contributed by atoms with E-state index in [9.17, 15) is 4.79 Å². The van der Waals surface area contributed by atoms with Gasteiger partial charge in [-0.05, 0) is 12.1 Å². The minimum Gasteiger partial charge on any atom is -0.384 e. The average molecular weight is 253 g/mol. The first kappa shape index (κ1) is 12.2. The van der Waals surface area contributed by atoms with Gasteiger partial charge in [-0.1, -0.05) is 0 Å². The first-order valence-corrected chi connectivity index (χ1v) is 6.44. The van der Waals surface area contributed by atoms with Gasteiger partial charge in [-0.2, -0.15) is 0 Å². The van der Waals surface area contributed by atoms with E-state index >= 15 is 0 Å². The average Bonchev–Trinajstić information content (AvgIpc) is 2.39. The van der Waals surface area contributed by atoms with E-state index in [1.807, 2.05) is 11.0 Å². The molecule has 1 aromatic heterocycles. The number of morpholine rings is 1. The number of pyridine rings is 1. The molecule has 0 atom stereocenters. The van der Waals surface area contributed by atoms with Crippen molar-refractivity contribution < 1.29 is 9.53 Å². The number of thioether (sulfide) groups is 1. The van der Waals surface area contributed by atoms with Crippen LogP contribution in [-0.2, 0) is 9.53 Å². The van der Waals surface area contributed by atoms with E-state index in [2.05, 4.69) is 4.98 Å². The first-order valence-electron chi connectivity index (χ1n) is 5.45. The Morgan fingerprint density at radius 3 is 2.88 bits per heavy atom. The van der Waals surface area contributed by atoms with Crippen LogP contribution >= 0.6 is 11.8 Å². The lowest BCUT2D eigenvalue weighted by Crippen LogP contribution is -2.41. The van der Waals surface area contributed by atoms with Crippen LogP contribution in [0, 0.1) is 0 Å². The second kappa shape index (κ2) is 5.88. The number of ether oxygens (including phenoxy) is 1. The van der Waals surface area contributed by atoms with E-state index in [1.54, 1.807) is 12.3 Å². The maximum Gasteiger partial charge on any atom is 0.233 e. The fourth-order valence-corrected chi connectivity index (χ4v) is 2.29. The maximum atomic E-state index is 11.8. The van der Waals surface area contributed by atoms with Crippen molar-refractivity contribution >= 4 is 23.5 Å². The highest BCUT2D eigenvalue weighted by Crippen LogP contribution is 2.18. The highest BCUT2D eigenvalue weighted by Gasteiger charge is 2.16. The minimum atomic E-state index is 0.148. The molecular formula is C11H15N3O2S. The highest BCUT2D eigenvalue weighted by atomic mass is 32.2. The molecule has 92 valence electrons. The number of aromatic nitrogens is 1. The molecule has 1 aliphatic heterocycles. The van der Waals surface area contributed by atoms with Crippen molar-refractivity contribution in [3.8, 4) is 0 Å². The standard InChI is InChI=1S/C11H15N3O2S/c12-10-2-1-9(7-13-10)17-8-11(15)14-3-5-16-6-4-14/h1-2,7H,3-6,8H2,(H2,12,13). The number of nitrogens with two attached hydrogens (primary N) is 1. The number of carbonyl (C=O) groups is 1. The van der Waals surface area contributed by atoms with Gasteiger partial charge < -0.3 is 15.4 Å². The van der Waals surface area contributed by atoms with Crippen molar-refractivity contribution in [3.63, 3.8) is 0 Å². The highest BCUT2D eigenvalue weighted by molar-refractivity contribution is 8.00. The zero-order chi connectivity index (χ0) is 12.1. The number of nitrogen functional groups attached to an aromatic ring is 1. The minimum absolute atomic E-state index is 0.148. The third-order valence-corrected chi connectivity index (χ3v) is 3.45. The van der Waals surface area contributed by atoms with Crippen LogP contribution in [-0.4, -0.2) is 47.8 Å². The summed E-state index contributed by atoms with van der Waals surface area (Å²) in [6, 6.07) is 3.61. The number of anilines is 1. The molecule has 0 spiro atoms. The van der Waals surface area contributed by atoms with Gasteiger partial charge in [0, 0.05) is 24.2 Å². The number of amides is 1. The molecule has 1 aliphatic rings. The maximum absolute atomic E-state index is 11.8. The monoisotopic (exact) mass is 253 g/mol. The molecular weight excluding hydrogens is 238 g/mol. The lowest BCUT2D eigenvalue weighted by Gasteiger charge is -2.26. The SMILES string of the molecule is Nc1ccc(SCC(=O)N2CCOCC2)cn1. The van der Waals surface area contributed by atoms with Crippen molar-refractivity contribution in [1.82, 2.24) is 9.88 Å². The Morgan fingerprint density at radius 1 is 1.47 bits per heavy atom. The Kier molecular flexibility index (Phi) is 4.22. The van der Waals surface area contributed by atoms with E-state index in [-0.39, 0.29) is 5.91 Å². The van der Waals surface area contributed by atoms with Crippen LogP contribution in [0.25, 0.3) is 0 Å². The van der Waals surface area contributed by atoms with Gasteiger partial charge in [0.25, 0.3) is 0 Å². The quantitative estimate of drug-likeness (QED) is 0.800. The Morgan fingerprint density at radius 2 is 2.24 bits per heavy atom. The van der Waals surface area contributed by atoms with Gasteiger partial charge in [-0.15, -0.1) is 11.8 Å². The van der Waals surface area contributed by atoms with Gasteiger partial charge >= 0.3 is 0 Å². The summed E-state index contributed by atoms with van der Waals surface area (Å²) >= 11 is 1.48. The second-order valence-corrected chi connectivity index (χ2v) is 4.75. The predicted octanol–water partition coefficient (Wildman–Crippen LogP) is 0.615. The lowest BCUT2D eigenvalue weighted by molar-refractivity contribution is -0.132. The zero-order valence-electron chi connectivity index (χ0n) is 9.46. The fraction of sp³-hybridized carbons (Fsp3) is 0.455. The molecule has 1 fully saturated rings. The summed E-state index contributed by atoms with van der Waals surface area (Å²) in [5.41, 5.74) is 5.49. The largest absolute Gasteiger partial charge is 0.384 e. The number of nitrogens with zero attached hydrogens (tertiary/aromatic N) is 2. The van der Waals surface area contributed by atoms with Gasteiger partial charge in [-0.25, -0.2) is 4.98 Å². The topological polar surface area (TPSA) is 68.5 Å². The van der Waals surface area contributed by atoms with Crippen molar-refractivity contribution in [1.29, 1.82) is 0 Å². The summed E-state index contributed by atoms with van der Waals surface area (Å²) in [4.78, 5) is 18.6. The molecule has 0 aromatic carbocycles. The van der Waals surface area contributed by atoms with Crippen molar-refractivity contribution in [3.05, 3.63) is 18.3 Å². The molecule has 2 heterocycles. The van der Waals surface area contributed by atoms with Crippen LogP contribution < -0.4 is 5.73 Å². The summed E-state index contributed by atoms with van der Waals surface area (Å²) in [6.07, 6.45) is 1.69. The summed E-state index contributed by atoms with van der Waals surface area (Å²) < 4.78 is 5.20. The van der Waals surface area contributed by atoms with Crippen LogP contribution in [0.15, 0.2) is 23.2 Å². The number of hydrogen-bond acceptors (Lipinski definition) is 5. The van der Waals surface area contributed by atoms with E-state index < -0.39 is 0 Å². The normalized spacial score (nSPS) is 15.9. The first-order chi connectivity index (χ1) is 8.25. The molecule has 1 amide bonds. The van der Waals surface area contributed by atoms with E-state index in [1.165, 1.54) is 11.8 Å². The number of hydrogen-bond donors (Lipinski definition) is 1. The van der Waals surface area contributed by atoms with Crippen LogP contribution in [0.5, 0.6) is 0 Å². The van der Waals surface area contributed by atoms with Gasteiger partial charge in [0.1, 0.15) is 5.82 Å². The lowest BCUT2D eigenvalue weighted by atomic mass is 10.4. The summed E-state index contributed by atoms with van der Waals surface area (Å²) in [5, 5.41) is 0. The fourth-order valence-electron chi connectivity index (χ4n) is 1.53. The molecule has 0 saturated carbocycles. The molecule has 1 saturated heterocycles. The van der Waals surface area contributed by atoms with Crippen LogP contribution in [0.4, 0.5) is 5.82 Å². The van der Waals surface area contributed by atoms with Gasteiger partial charge in [0.2, 0.25) is 5.91 Å². The molecule has 0 unspecified atom stereocenters. The smallest absolute Gasteiger partial charge is 0.233 e. The van der Waals surface area contributed by atoms with Crippen molar-refractivity contribution in [2.75, 3.05) is 37.8 Å². The van der Waals surface area contributed by atoms with Crippen molar-refractivity contribution in [2.24, 2.45) is 0 Å². The Hall–Kier alpha value is -1.27. The molecule has 1 aromatic rings. The summed E-state index contributed by atoms with van der Waals surface area (Å²) in [5.74, 6) is 1.08. The van der Waals surface area contributed by atoms with Gasteiger partial charge in [-0.3, -0.25) is 4.79 Å². The van der Waals surface area contributed by atoms with Gasteiger partial charge in [0.15, 0.2) is 0 Å². The Labute approximate surface area is 104 Å². The van der Waals surface area contributed by atoms with Crippen LogP contribution in [0.3, 0.4) is 0 Å². The summed E-state index contributed by atoms with van der Waals surface area (Å²) in [6.45, 7) is 2.67. The second-order valence-electron chi connectivity index (χ2n) is 3.70. The van der Waals surface area contributed by atoms with Gasteiger partial charge in [0.05, 0.1) is 19.0 Å². The zero-order valence-corrected chi connectivity index (χ0v) is 10.3. The molecule has 6 heteroatoms.